The van der Waals surface area contributed by atoms with Gasteiger partial charge in [-0.1, -0.05) is 18.7 Å². The van der Waals surface area contributed by atoms with E-state index in [1.807, 2.05) is 43.4 Å². The van der Waals surface area contributed by atoms with Gasteiger partial charge in [0.25, 0.3) is 5.91 Å². The molecule has 7 nitrogen and oxygen atoms in total. The van der Waals surface area contributed by atoms with Crippen molar-refractivity contribution in [2.45, 2.75) is 6.42 Å². The number of rotatable bonds is 9. The van der Waals surface area contributed by atoms with Crippen molar-refractivity contribution in [1.29, 1.82) is 0 Å². The fraction of sp³-hybridized carbons (Fsp3) is 0.160. The summed E-state index contributed by atoms with van der Waals surface area (Å²) in [6.07, 6.45) is 7.58. The zero-order valence-electron chi connectivity index (χ0n) is 18.2. The van der Waals surface area contributed by atoms with Crippen molar-refractivity contribution in [3.63, 3.8) is 0 Å². The predicted octanol–water partition coefficient (Wildman–Crippen LogP) is 4.04. The van der Waals surface area contributed by atoms with Gasteiger partial charge in [0, 0.05) is 63.0 Å². The van der Waals surface area contributed by atoms with Crippen LogP contribution < -0.4 is 10.1 Å². The number of allylic oxidation sites excluding steroid dienone is 2. The Bertz CT molecular complexity index is 1110. The van der Waals surface area contributed by atoms with E-state index in [4.69, 9.17) is 4.74 Å². The van der Waals surface area contributed by atoms with E-state index in [0.29, 0.717) is 30.2 Å². The molecule has 32 heavy (non-hydrogen) atoms. The number of amides is 1. The van der Waals surface area contributed by atoms with Gasteiger partial charge in [0.1, 0.15) is 17.2 Å². The summed E-state index contributed by atoms with van der Waals surface area (Å²) in [6.45, 7) is 4.24. The molecule has 0 radical (unpaired) electrons. The number of ether oxygens (including phenoxy) is 1. The van der Waals surface area contributed by atoms with Crippen LogP contribution in [0.3, 0.4) is 0 Å². The Balaban J connectivity index is 1.71. The lowest BCUT2D eigenvalue weighted by Gasteiger charge is -2.12. The van der Waals surface area contributed by atoms with Gasteiger partial charge in [0.2, 0.25) is 0 Å². The highest BCUT2D eigenvalue weighted by molar-refractivity contribution is 5.97. The maximum absolute atomic E-state index is 12.6. The molecule has 3 aromatic rings. The van der Waals surface area contributed by atoms with Gasteiger partial charge in [-0.05, 0) is 36.4 Å². The van der Waals surface area contributed by atoms with Gasteiger partial charge < -0.3 is 20.1 Å². The molecule has 0 aliphatic heterocycles. The number of hydrogen-bond donors (Lipinski definition) is 2. The molecule has 0 unspecified atom stereocenters. The van der Waals surface area contributed by atoms with Crippen molar-refractivity contribution in [3.8, 4) is 17.2 Å². The molecule has 1 amide bonds. The van der Waals surface area contributed by atoms with Crippen LogP contribution in [0.25, 0.3) is 5.57 Å². The Morgan fingerprint density at radius 2 is 1.94 bits per heavy atom. The number of phenols is 1. The summed E-state index contributed by atoms with van der Waals surface area (Å²) < 4.78 is 5.92. The first-order chi connectivity index (χ1) is 15.5. The minimum absolute atomic E-state index is 0.119. The van der Waals surface area contributed by atoms with Gasteiger partial charge in [-0.3, -0.25) is 14.8 Å². The maximum Gasteiger partial charge on any atom is 0.255 e. The summed E-state index contributed by atoms with van der Waals surface area (Å²) in [5.74, 6) is 0.466. The average molecular weight is 431 g/mol. The van der Waals surface area contributed by atoms with Gasteiger partial charge in [-0.25, -0.2) is 0 Å². The van der Waals surface area contributed by atoms with Crippen LogP contribution in [-0.4, -0.2) is 46.5 Å². The number of aromatic hydroxyl groups is 1. The number of aromatic nitrogens is 2. The quantitative estimate of drug-likeness (QED) is 0.498. The van der Waals surface area contributed by atoms with E-state index < -0.39 is 0 Å². The fourth-order valence-electron chi connectivity index (χ4n) is 2.98. The Morgan fingerprint density at radius 1 is 1.12 bits per heavy atom. The third kappa shape index (κ3) is 6.18. The highest BCUT2D eigenvalue weighted by Crippen LogP contribution is 2.28. The van der Waals surface area contributed by atoms with E-state index in [-0.39, 0.29) is 17.2 Å². The molecular formula is C25H26N4O3. The van der Waals surface area contributed by atoms with E-state index in [9.17, 15) is 9.90 Å². The normalized spacial score (nSPS) is 11.0. The number of phenolic OH excluding ortho intramolecular Hbond substituents is 1. The van der Waals surface area contributed by atoms with Crippen LogP contribution in [0.1, 0.15) is 21.7 Å². The van der Waals surface area contributed by atoms with Crippen molar-refractivity contribution < 1.29 is 14.6 Å². The first-order valence-electron chi connectivity index (χ1n) is 10.1. The number of pyridine rings is 2. The molecule has 2 aromatic heterocycles. The molecule has 0 saturated heterocycles. The SMILES string of the molecule is C=C/C(=C\N(C)C)c1cc(Oc2ccc(O)c(C(=O)NCCc3ccccn3)c2)ccn1. The standard InChI is InChI=1S/C25H26N4O3/c1-4-18(17-29(2)3)23-16-21(11-14-27-23)32-20-8-9-24(30)22(15-20)25(31)28-13-10-19-7-5-6-12-26-19/h4-9,11-12,14-17,30H,1,10,13H2,2-3H3,(H,28,31)/b18-17+. The highest BCUT2D eigenvalue weighted by Gasteiger charge is 2.13. The van der Waals surface area contributed by atoms with Crippen LogP contribution in [0, 0.1) is 0 Å². The molecule has 0 saturated carbocycles. The highest BCUT2D eigenvalue weighted by atomic mass is 16.5. The van der Waals surface area contributed by atoms with Crippen molar-refractivity contribution in [1.82, 2.24) is 20.2 Å². The maximum atomic E-state index is 12.6. The minimum Gasteiger partial charge on any atom is -0.507 e. The Hall–Kier alpha value is -4.13. The van der Waals surface area contributed by atoms with E-state index in [2.05, 4.69) is 21.9 Å². The van der Waals surface area contributed by atoms with E-state index >= 15 is 0 Å². The number of hydrogen-bond acceptors (Lipinski definition) is 6. The molecule has 1 aromatic carbocycles. The molecule has 0 fully saturated rings. The largest absolute Gasteiger partial charge is 0.507 e. The van der Waals surface area contributed by atoms with Crippen LogP contribution in [0.5, 0.6) is 17.2 Å². The zero-order valence-corrected chi connectivity index (χ0v) is 18.2. The Labute approximate surface area is 187 Å². The molecule has 0 aliphatic carbocycles. The van der Waals surface area contributed by atoms with Gasteiger partial charge in [-0.15, -0.1) is 0 Å². The van der Waals surface area contributed by atoms with Crippen LogP contribution >= 0.6 is 0 Å². The lowest BCUT2D eigenvalue weighted by molar-refractivity contribution is 0.0951. The number of carbonyl (C=O) groups excluding carboxylic acids is 1. The number of benzene rings is 1. The molecule has 0 spiro atoms. The lowest BCUT2D eigenvalue weighted by atomic mass is 10.1. The van der Waals surface area contributed by atoms with Crippen LogP contribution in [0.4, 0.5) is 0 Å². The lowest BCUT2D eigenvalue weighted by Crippen LogP contribution is -2.26. The molecular weight excluding hydrogens is 404 g/mol. The van der Waals surface area contributed by atoms with Gasteiger partial charge in [0.05, 0.1) is 11.3 Å². The monoisotopic (exact) mass is 430 g/mol. The van der Waals surface area contributed by atoms with E-state index in [0.717, 1.165) is 11.3 Å². The second kappa shape index (κ2) is 10.8. The third-order valence-corrected chi connectivity index (χ3v) is 4.49. The van der Waals surface area contributed by atoms with Crippen molar-refractivity contribution in [2.24, 2.45) is 0 Å². The first-order valence-corrected chi connectivity index (χ1v) is 10.1. The molecule has 164 valence electrons. The van der Waals surface area contributed by atoms with Crippen LogP contribution in [0.2, 0.25) is 0 Å². The zero-order chi connectivity index (χ0) is 22.9. The summed E-state index contributed by atoms with van der Waals surface area (Å²) in [5.41, 5.74) is 2.57. The van der Waals surface area contributed by atoms with Crippen molar-refractivity contribution in [2.75, 3.05) is 20.6 Å². The number of nitrogens with zero attached hydrogens (tertiary/aromatic N) is 3. The Morgan fingerprint density at radius 3 is 2.66 bits per heavy atom. The summed E-state index contributed by atoms with van der Waals surface area (Å²) in [4.78, 5) is 23.1. The second-order valence-electron chi connectivity index (χ2n) is 7.24. The number of nitrogens with one attached hydrogen (secondary N) is 1. The van der Waals surface area contributed by atoms with Crippen molar-refractivity contribution >= 4 is 11.5 Å². The minimum atomic E-state index is -0.387. The summed E-state index contributed by atoms with van der Waals surface area (Å²) in [5, 5.41) is 13.0. The number of carbonyl (C=O) groups is 1. The second-order valence-corrected chi connectivity index (χ2v) is 7.24. The molecule has 0 atom stereocenters. The topological polar surface area (TPSA) is 87.6 Å². The molecule has 2 heterocycles. The molecule has 3 rings (SSSR count). The van der Waals surface area contributed by atoms with Gasteiger partial charge >= 0.3 is 0 Å². The van der Waals surface area contributed by atoms with Crippen LogP contribution in [0.15, 0.2) is 79.8 Å². The van der Waals surface area contributed by atoms with Gasteiger partial charge in [-0.2, -0.15) is 0 Å². The first kappa shape index (κ1) is 22.6. The molecule has 2 N–H and O–H groups in total. The van der Waals surface area contributed by atoms with Crippen LogP contribution in [-0.2, 0) is 6.42 Å². The Kier molecular flexibility index (Phi) is 7.59. The fourth-order valence-corrected chi connectivity index (χ4v) is 2.98. The van der Waals surface area contributed by atoms with Crippen molar-refractivity contribution in [3.05, 3.63) is 96.7 Å². The molecule has 7 heteroatoms. The smallest absolute Gasteiger partial charge is 0.255 e. The molecule has 0 bridgehead atoms. The summed E-state index contributed by atoms with van der Waals surface area (Å²) in [6, 6.07) is 13.7. The van der Waals surface area contributed by atoms with E-state index in [1.165, 1.54) is 12.1 Å². The predicted molar refractivity (Wildman–Crippen MR) is 125 cm³/mol. The summed E-state index contributed by atoms with van der Waals surface area (Å²) >= 11 is 0. The van der Waals surface area contributed by atoms with E-state index in [1.54, 1.807) is 36.7 Å². The average Bonchev–Trinajstić information content (AvgIpc) is 2.79. The summed E-state index contributed by atoms with van der Waals surface area (Å²) in [7, 11) is 3.84. The molecule has 0 aliphatic rings. The third-order valence-electron chi connectivity index (χ3n) is 4.49. The van der Waals surface area contributed by atoms with Gasteiger partial charge in [0.15, 0.2) is 0 Å².